The summed E-state index contributed by atoms with van der Waals surface area (Å²) in [5.41, 5.74) is 0. The van der Waals surface area contributed by atoms with Gasteiger partial charge in [-0.15, -0.1) is 0 Å². The molecule has 10 heteroatoms. The summed E-state index contributed by atoms with van der Waals surface area (Å²) in [5.74, 6) is 0.351. The molecule has 6 nitrogen and oxygen atoms in total. The largest absolute Gasteiger partial charge is 1.00 e. The standard InChI is InChI=1S/C20H39O6PS2.Li/c1-4-6-8-10-12-14-19(21)28-17-18(16-26-27(23,24)25-3)29-20(22)15-13-11-9-7-5-2;/h18H,4-17H2,1-3H3,(H,23,24);/q;+1/p-1/t18-;/m0./s1. The van der Waals surface area contributed by atoms with Crippen molar-refractivity contribution in [3.05, 3.63) is 0 Å². The number of phosphoric ester groups is 1. The van der Waals surface area contributed by atoms with E-state index in [0.717, 1.165) is 75.6 Å². The van der Waals surface area contributed by atoms with Gasteiger partial charge in [0.05, 0.1) is 6.61 Å². The third-order valence-electron chi connectivity index (χ3n) is 4.34. The van der Waals surface area contributed by atoms with Crippen LogP contribution < -0.4 is 23.8 Å². The number of carbonyl (C=O) groups is 2. The van der Waals surface area contributed by atoms with E-state index in [2.05, 4.69) is 18.4 Å². The zero-order chi connectivity index (χ0) is 22.0. The second-order valence-electron chi connectivity index (χ2n) is 7.05. The third kappa shape index (κ3) is 20.6. The van der Waals surface area contributed by atoms with E-state index in [4.69, 9.17) is 4.52 Å². The molecule has 0 heterocycles. The number of thioether (sulfide) groups is 2. The van der Waals surface area contributed by atoms with Gasteiger partial charge in [-0.05, 0) is 12.8 Å². The van der Waals surface area contributed by atoms with Gasteiger partial charge in [0.25, 0.3) is 7.82 Å². The summed E-state index contributed by atoms with van der Waals surface area (Å²) in [4.78, 5) is 35.8. The van der Waals surface area contributed by atoms with Crippen LogP contribution >= 0.6 is 31.3 Å². The Morgan fingerprint density at radius 3 is 1.90 bits per heavy atom. The van der Waals surface area contributed by atoms with Gasteiger partial charge in [-0.25, -0.2) is 0 Å². The Bertz CT molecular complexity index is 496. The predicted molar refractivity (Wildman–Crippen MR) is 121 cm³/mol. The molecule has 0 fully saturated rings. The van der Waals surface area contributed by atoms with Crippen molar-refractivity contribution in [1.82, 2.24) is 0 Å². The van der Waals surface area contributed by atoms with Gasteiger partial charge >= 0.3 is 18.9 Å². The smallest absolute Gasteiger partial charge is 0.756 e. The fourth-order valence-electron chi connectivity index (χ4n) is 2.59. The minimum Gasteiger partial charge on any atom is -0.756 e. The Balaban J connectivity index is 0. The molecule has 0 aliphatic heterocycles. The SMILES string of the molecule is CCCCCCCC(=O)SC[C@H](COP(=O)([O-])OC)SC(=O)CCCCCCC.[Li+]. The van der Waals surface area contributed by atoms with Gasteiger partial charge < -0.3 is 13.9 Å². The Kier molecular flexibility index (Phi) is 23.7. The van der Waals surface area contributed by atoms with Crippen LogP contribution in [0, 0.1) is 0 Å². The molecule has 0 saturated carbocycles. The van der Waals surface area contributed by atoms with Crippen LogP contribution in [0.4, 0.5) is 0 Å². The molecule has 0 spiro atoms. The third-order valence-corrected chi connectivity index (χ3v) is 7.66. The van der Waals surface area contributed by atoms with Crippen molar-refractivity contribution in [2.45, 2.75) is 96.1 Å². The first-order chi connectivity index (χ1) is 13.8. The molecule has 172 valence electrons. The molecule has 1 unspecified atom stereocenters. The molecule has 0 amide bonds. The second-order valence-corrected chi connectivity index (χ2v) is 11.0. The normalized spacial score (nSPS) is 14.0. The zero-order valence-electron chi connectivity index (χ0n) is 19.2. The van der Waals surface area contributed by atoms with Crippen LogP contribution in [0.25, 0.3) is 0 Å². The molecule has 0 rings (SSSR count). The van der Waals surface area contributed by atoms with E-state index in [9.17, 15) is 19.0 Å². The molecule has 2 atom stereocenters. The van der Waals surface area contributed by atoms with Gasteiger partial charge in [0.2, 0.25) is 0 Å². The van der Waals surface area contributed by atoms with Gasteiger partial charge in [-0.2, -0.15) is 0 Å². The number of unbranched alkanes of at least 4 members (excludes halogenated alkanes) is 8. The van der Waals surface area contributed by atoms with Crippen LogP contribution in [0.15, 0.2) is 0 Å². The van der Waals surface area contributed by atoms with Gasteiger partial charge in [-0.3, -0.25) is 14.2 Å². The summed E-state index contributed by atoms with van der Waals surface area (Å²) in [5, 5.41) is -0.304. The van der Waals surface area contributed by atoms with Crippen LogP contribution in [0.5, 0.6) is 0 Å². The average Bonchev–Trinajstić information content (AvgIpc) is 2.69. The van der Waals surface area contributed by atoms with Gasteiger partial charge in [0, 0.05) is 31.0 Å². The van der Waals surface area contributed by atoms with E-state index in [1.54, 1.807) is 0 Å². The molecule has 0 aromatic rings. The average molecular weight is 477 g/mol. The first-order valence-corrected chi connectivity index (χ1v) is 14.0. The Labute approximate surface area is 203 Å². The first kappa shape index (κ1) is 32.9. The van der Waals surface area contributed by atoms with Crippen LogP contribution in [0.1, 0.15) is 90.9 Å². The topological polar surface area (TPSA) is 92.7 Å². The number of carbonyl (C=O) groups excluding carboxylic acids is 2. The van der Waals surface area contributed by atoms with Crippen molar-refractivity contribution < 1.29 is 47.0 Å². The molecule has 30 heavy (non-hydrogen) atoms. The van der Waals surface area contributed by atoms with E-state index >= 15 is 0 Å². The predicted octanol–water partition coefficient (Wildman–Crippen LogP) is 2.73. The van der Waals surface area contributed by atoms with Crippen molar-refractivity contribution in [3.8, 4) is 0 Å². The number of hydrogen-bond acceptors (Lipinski definition) is 8. The van der Waals surface area contributed by atoms with Crippen LogP contribution in [-0.2, 0) is 23.2 Å². The minimum atomic E-state index is -4.35. The second kappa shape index (κ2) is 21.6. The van der Waals surface area contributed by atoms with Gasteiger partial charge in [-0.1, -0.05) is 88.7 Å². The number of phosphoric acid groups is 1. The van der Waals surface area contributed by atoms with E-state index in [1.807, 2.05) is 0 Å². The van der Waals surface area contributed by atoms with E-state index in [1.165, 1.54) is 19.3 Å². The monoisotopic (exact) mass is 476 g/mol. The summed E-state index contributed by atoms with van der Waals surface area (Å²) in [6, 6.07) is 0. The quantitative estimate of drug-likeness (QED) is 0.160. The Morgan fingerprint density at radius 2 is 1.40 bits per heavy atom. The fourth-order valence-corrected chi connectivity index (χ4v) is 5.16. The van der Waals surface area contributed by atoms with Crippen LogP contribution in [-0.4, -0.2) is 35.0 Å². The summed E-state index contributed by atoms with van der Waals surface area (Å²) in [7, 11) is -3.31. The van der Waals surface area contributed by atoms with E-state index in [-0.39, 0.29) is 35.7 Å². The number of rotatable bonds is 19. The molecular weight excluding hydrogens is 438 g/mol. The fraction of sp³-hybridized carbons (Fsp3) is 0.900. The molecule has 0 aromatic heterocycles. The van der Waals surface area contributed by atoms with Crippen molar-refractivity contribution in [1.29, 1.82) is 0 Å². The first-order valence-electron chi connectivity index (χ1n) is 10.7. The maximum absolute atomic E-state index is 12.2. The molecule has 0 radical (unpaired) electrons. The Hall–Kier alpha value is 0.747. The van der Waals surface area contributed by atoms with Crippen LogP contribution in [0.3, 0.4) is 0 Å². The minimum absolute atomic E-state index is 0. The summed E-state index contributed by atoms with van der Waals surface area (Å²) >= 11 is 2.24. The molecular formula is C20H38LiO6PS2. The van der Waals surface area contributed by atoms with Crippen molar-refractivity contribution in [2.75, 3.05) is 19.5 Å². The molecule has 0 aliphatic carbocycles. The van der Waals surface area contributed by atoms with E-state index in [0.29, 0.717) is 18.6 Å². The van der Waals surface area contributed by atoms with Crippen molar-refractivity contribution in [2.24, 2.45) is 0 Å². The zero-order valence-corrected chi connectivity index (χ0v) is 21.7. The van der Waals surface area contributed by atoms with Crippen molar-refractivity contribution >= 4 is 41.6 Å². The Morgan fingerprint density at radius 1 is 0.900 bits per heavy atom. The molecule has 0 N–H and O–H groups in total. The maximum Gasteiger partial charge on any atom is 1.00 e. The molecule has 0 aliphatic rings. The maximum atomic E-state index is 12.2. The van der Waals surface area contributed by atoms with Crippen molar-refractivity contribution in [3.63, 3.8) is 0 Å². The molecule has 0 bridgehead atoms. The molecule has 0 saturated heterocycles. The number of hydrogen-bond donors (Lipinski definition) is 0. The molecule has 0 aromatic carbocycles. The van der Waals surface area contributed by atoms with Gasteiger partial charge in [0.15, 0.2) is 10.2 Å². The van der Waals surface area contributed by atoms with E-state index < -0.39 is 13.1 Å². The van der Waals surface area contributed by atoms with Crippen LogP contribution in [0.2, 0.25) is 0 Å². The van der Waals surface area contributed by atoms with Gasteiger partial charge in [0.1, 0.15) is 0 Å². The summed E-state index contributed by atoms with van der Waals surface area (Å²) in [6.45, 7) is 4.12. The summed E-state index contributed by atoms with van der Waals surface area (Å²) < 4.78 is 20.6. The summed E-state index contributed by atoms with van der Waals surface area (Å²) in [6.07, 6.45) is 11.7.